The molecule has 0 fully saturated rings. The molecule has 0 unspecified atom stereocenters. The third kappa shape index (κ3) is 5.77. The zero-order chi connectivity index (χ0) is 23.9. The molecule has 10 nitrogen and oxygen atoms in total. The maximum atomic E-state index is 14.2. The summed E-state index contributed by atoms with van der Waals surface area (Å²) in [4.78, 5) is 8.28. The lowest BCUT2D eigenvalue weighted by atomic mass is 10.1. The van der Waals surface area contributed by atoms with Crippen LogP contribution in [-0.4, -0.2) is 38.7 Å². The average molecular weight is 530 g/mol. The van der Waals surface area contributed by atoms with Gasteiger partial charge in [-0.25, -0.2) is 19.0 Å². The van der Waals surface area contributed by atoms with Crippen LogP contribution in [0.5, 0.6) is 23.1 Å². The highest BCUT2D eigenvalue weighted by Crippen LogP contribution is 2.37. The highest BCUT2D eigenvalue weighted by Gasteiger charge is 2.14. The first-order valence-corrected chi connectivity index (χ1v) is 10.9. The number of nitrogens with two attached hydrogens (primary N) is 1. The van der Waals surface area contributed by atoms with Gasteiger partial charge in [0.05, 0.1) is 25.5 Å². The van der Waals surface area contributed by atoms with E-state index in [1.807, 2.05) is 0 Å². The third-order valence-electron chi connectivity index (χ3n) is 4.67. The van der Waals surface area contributed by atoms with Gasteiger partial charge in [0.25, 0.3) is 0 Å². The van der Waals surface area contributed by atoms with Gasteiger partial charge in [-0.2, -0.15) is 0 Å². The molecule has 0 aliphatic heterocycles. The lowest BCUT2D eigenvalue weighted by Gasteiger charge is -2.16. The fraction of sp³-hybridized carbons (Fsp3) is 0.182. The summed E-state index contributed by atoms with van der Waals surface area (Å²) < 4.78 is 33.8. The number of aromatic nitrogens is 5. The Kier molecular flexibility index (Phi) is 7.50. The molecule has 12 heteroatoms. The highest BCUT2D eigenvalue weighted by molar-refractivity contribution is 9.10. The van der Waals surface area contributed by atoms with Crippen molar-refractivity contribution in [1.82, 2.24) is 25.0 Å². The predicted molar refractivity (Wildman–Crippen MR) is 126 cm³/mol. The van der Waals surface area contributed by atoms with Gasteiger partial charge in [-0.3, -0.25) is 0 Å². The van der Waals surface area contributed by atoms with Gasteiger partial charge in [0.15, 0.2) is 11.5 Å². The molecular formula is C22H21BrFN7O3. The molecule has 0 atom stereocenters. The van der Waals surface area contributed by atoms with Crippen molar-refractivity contribution in [2.75, 3.05) is 19.0 Å². The van der Waals surface area contributed by atoms with Gasteiger partial charge in [-0.15, -0.1) is 5.10 Å². The average Bonchev–Trinajstić information content (AvgIpc) is 3.35. The lowest BCUT2D eigenvalue weighted by Crippen LogP contribution is -2.10. The number of anilines is 2. The van der Waals surface area contributed by atoms with E-state index >= 15 is 0 Å². The van der Waals surface area contributed by atoms with Gasteiger partial charge in [-0.05, 0) is 24.3 Å². The zero-order valence-electron chi connectivity index (χ0n) is 18.1. The Morgan fingerprint density at radius 3 is 2.74 bits per heavy atom. The highest BCUT2D eigenvalue weighted by atomic mass is 79.9. The van der Waals surface area contributed by atoms with Crippen LogP contribution in [0.3, 0.4) is 0 Å². The second-order valence-electron chi connectivity index (χ2n) is 6.92. The molecule has 0 saturated heterocycles. The Balaban J connectivity index is 1.53. The number of halogens is 2. The third-order valence-corrected chi connectivity index (χ3v) is 5.16. The van der Waals surface area contributed by atoms with Crippen molar-refractivity contribution in [1.29, 1.82) is 0 Å². The normalized spacial score (nSPS) is 10.7. The predicted octanol–water partition coefficient (Wildman–Crippen LogP) is 4.05. The molecule has 2 heterocycles. The zero-order valence-corrected chi connectivity index (χ0v) is 19.7. The monoisotopic (exact) mass is 529 g/mol. The summed E-state index contributed by atoms with van der Waals surface area (Å²) >= 11 is 3.24. The molecule has 0 saturated carbocycles. The maximum absolute atomic E-state index is 14.2. The minimum atomic E-state index is -0.427. The number of hydrogen-bond acceptors (Lipinski definition) is 9. The number of methoxy groups -OCH3 is 1. The molecule has 0 spiro atoms. The van der Waals surface area contributed by atoms with Crippen LogP contribution in [0.2, 0.25) is 0 Å². The van der Waals surface area contributed by atoms with Gasteiger partial charge in [-0.1, -0.05) is 21.1 Å². The summed E-state index contributed by atoms with van der Waals surface area (Å²) in [5, 5.41) is 10.6. The van der Waals surface area contributed by atoms with Crippen molar-refractivity contribution in [3.63, 3.8) is 0 Å². The van der Waals surface area contributed by atoms with E-state index in [2.05, 4.69) is 41.5 Å². The van der Waals surface area contributed by atoms with E-state index in [1.54, 1.807) is 54.5 Å². The first kappa shape index (κ1) is 23.4. The van der Waals surface area contributed by atoms with Crippen LogP contribution in [-0.2, 0) is 13.1 Å². The Bertz CT molecular complexity index is 1260. The van der Waals surface area contributed by atoms with Gasteiger partial charge in [0.2, 0.25) is 5.88 Å². The Morgan fingerprint density at radius 1 is 1.12 bits per heavy atom. The number of nitrogens with zero attached hydrogens (tertiary/aromatic N) is 5. The summed E-state index contributed by atoms with van der Waals surface area (Å²) in [6.45, 7) is 1.04. The van der Waals surface area contributed by atoms with Gasteiger partial charge < -0.3 is 25.3 Å². The Labute approximate surface area is 203 Å². The summed E-state index contributed by atoms with van der Waals surface area (Å²) in [6, 6.07) is 9.66. The molecule has 176 valence electrons. The fourth-order valence-corrected chi connectivity index (χ4v) is 3.35. The van der Waals surface area contributed by atoms with Crippen molar-refractivity contribution in [3.05, 3.63) is 71.0 Å². The van der Waals surface area contributed by atoms with Crippen molar-refractivity contribution in [2.45, 2.75) is 13.1 Å². The number of nitrogens with one attached hydrogen (secondary N) is 1. The maximum Gasteiger partial charge on any atom is 0.224 e. The van der Waals surface area contributed by atoms with Crippen LogP contribution < -0.4 is 25.3 Å². The Morgan fingerprint density at radius 2 is 2.00 bits per heavy atom. The molecule has 0 aliphatic rings. The van der Waals surface area contributed by atoms with Crippen molar-refractivity contribution < 1.29 is 18.6 Å². The minimum absolute atomic E-state index is 0.200. The van der Waals surface area contributed by atoms with Crippen LogP contribution >= 0.6 is 15.9 Å². The summed E-state index contributed by atoms with van der Waals surface area (Å²) in [6.07, 6.45) is 4.65. The molecule has 0 aliphatic carbocycles. The van der Waals surface area contributed by atoms with Crippen LogP contribution in [0.15, 0.2) is 59.6 Å². The number of benzene rings is 2. The minimum Gasteiger partial charge on any atom is -0.493 e. The van der Waals surface area contributed by atoms with Crippen LogP contribution in [0.4, 0.5) is 15.9 Å². The molecule has 4 aromatic rings. The van der Waals surface area contributed by atoms with E-state index in [-0.39, 0.29) is 18.1 Å². The number of rotatable bonds is 10. The molecule has 4 rings (SSSR count). The largest absolute Gasteiger partial charge is 0.493 e. The van der Waals surface area contributed by atoms with Crippen LogP contribution in [0.1, 0.15) is 5.56 Å². The fourth-order valence-electron chi connectivity index (χ4n) is 3.02. The van der Waals surface area contributed by atoms with Crippen molar-refractivity contribution in [3.8, 4) is 23.1 Å². The molecule has 34 heavy (non-hydrogen) atoms. The Hall–Kier alpha value is -3.77. The summed E-state index contributed by atoms with van der Waals surface area (Å²) in [5.74, 6) is 1.60. The van der Waals surface area contributed by atoms with E-state index < -0.39 is 5.82 Å². The van der Waals surface area contributed by atoms with E-state index in [0.717, 1.165) is 0 Å². The molecule has 0 radical (unpaired) electrons. The quantitative estimate of drug-likeness (QED) is 0.313. The smallest absolute Gasteiger partial charge is 0.224 e. The lowest BCUT2D eigenvalue weighted by molar-refractivity contribution is 0.271. The topological polar surface area (TPSA) is 122 Å². The molecule has 0 amide bonds. The van der Waals surface area contributed by atoms with Crippen LogP contribution in [0, 0.1) is 5.82 Å². The van der Waals surface area contributed by atoms with Crippen molar-refractivity contribution in [2.24, 2.45) is 5.73 Å². The summed E-state index contributed by atoms with van der Waals surface area (Å²) in [7, 11) is 1.55. The van der Waals surface area contributed by atoms with Gasteiger partial charge >= 0.3 is 0 Å². The second kappa shape index (κ2) is 10.9. The van der Waals surface area contributed by atoms with Gasteiger partial charge in [0.1, 0.15) is 30.3 Å². The molecule has 0 bridgehead atoms. The van der Waals surface area contributed by atoms with Gasteiger partial charge in [0, 0.05) is 34.9 Å². The molecule has 3 N–H and O–H groups in total. The van der Waals surface area contributed by atoms with Crippen molar-refractivity contribution >= 4 is 27.4 Å². The standard InChI is InChI=1S/C22H21BrFN7O3/c1-32-19-8-14(12-25)18(10-20(19)33-7-6-31-5-4-28-30-31)34-22-11-21(26-13-27-22)29-17-3-2-15(23)9-16(17)24/h2-5,8-11,13H,6-7,12,25H2,1H3,(H,26,27,29). The van der Waals surface area contributed by atoms with Crippen LogP contribution in [0.25, 0.3) is 0 Å². The molecule has 2 aromatic heterocycles. The number of ether oxygens (including phenoxy) is 3. The van der Waals surface area contributed by atoms with E-state index in [0.29, 0.717) is 46.3 Å². The molecule has 2 aromatic carbocycles. The summed E-state index contributed by atoms with van der Waals surface area (Å²) in [5.41, 5.74) is 6.87. The first-order chi connectivity index (χ1) is 16.6. The molecular weight excluding hydrogens is 509 g/mol. The first-order valence-electron chi connectivity index (χ1n) is 10.2. The van der Waals surface area contributed by atoms with E-state index in [1.165, 1.54) is 12.4 Å². The second-order valence-corrected chi connectivity index (χ2v) is 7.84. The number of hydrogen-bond donors (Lipinski definition) is 2. The van der Waals surface area contributed by atoms with E-state index in [4.69, 9.17) is 19.9 Å². The van der Waals surface area contributed by atoms with E-state index in [9.17, 15) is 4.39 Å². The SMILES string of the molecule is COc1cc(CN)c(Oc2cc(Nc3ccc(Br)cc3F)ncn2)cc1OCCn1ccnn1.